The zero-order chi connectivity index (χ0) is 18.5. The van der Waals surface area contributed by atoms with Crippen molar-refractivity contribution in [2.75, 3.05) is 5.32 Å². The molecule has 25 heavy (non-hydrogen) atoms. The minimum absolute atomic E-state index is 0.0121. The second-order valence-corrected chi connectivity index (χ2v) is 8.05. The lowest BCUT2D eigenvalue weighted by Crippen LogP contribution is -2.58. The SMILES string of the molecule is CC(=O)c1c(N[C@@H]2C[C@@H]3C[C@H]([C@H]2C)C3(C)C)cnn(CC(=O)O)c1=O. The van der Waals surface area contributed by atoms with Crippen LogP contribution in [0.1, 0.15) is 50.9 Å². The topological polar surface area (TPSA) is 101 Å². The fourth-order valence-electron chi connectivity index (χ4n) is 4.72. The van der Waals surface area contributed by atoms with Crippen molar-refractivity contribution in [3.63, 3.8) is 0 Å². The van der Waals surface area contributed by atoms with Gasteiger partial charge in [-0.1, -0.05) is 20.8 Å². The molecule has 0 aliphatic heterocycles. The number of rotatable bonds is 5. The molecule has 4 atom stereocenters. The molecule has 3 aliphatic carbocycles. The molecule has 136 valence electrons. The molecule has 0 radical (unpaired) electrons. The highest BCUT2D eigenvalue weighted by Crippen LogP contribution is 2.61. The van der Waals surface area contributed by atoms with Crippen molar-refractivity contribution in [1.29, 1.82) is 0 Å². The maximum Gasteiger partial charge on any atom is 0.325 e. The van der Waals surface area contributed by atoms with E-state index in [1.54, 1.807) is 0 Å². The Morgan fingerprint density at radius 1 is 1.40 bits per heavy atom. The Morgan fingerprint density at radius 2 is 2.08 bits per heavy atom. The van der Waals surface area contributed by atoms with Crippen LogP contribution in [0.4, 0.5) is 5.69 Å². The zero-order valence-electron chi connectivity index (χ0n) is 15.1. The molecule has 1 aromatic heterocycles. The maximum absolute atomic E-state index is 12.4. The molecule has 1 heterocycles. The number of nitrogens with zero attached hydrogens (tertiary/aromatic N) is 2. The Kier molecular flexibility index (Phi) is 4.21. The van der Waals surface area contributed by atoms with Crippen LogP contribution in [-0.2, 0) is 11.3 Å². The third-order valence-electron chi connectivity index (χ3n) is 6.38. The van der Waals surface area contributed by atoms with Gasteiger partial charge in [0.15, 0.2) is 5.78 Å². The summed E-state index contributed by atoms with van der Waals surface area (Å²) in [7, 11) is 0. The summed E-state index contributed by atoms with van der Waals surface area (Å²) in [6.07, 6.45) is 3.64. The first-order chi connectivity index (χ1) is 11.6. The average molecular weight is 347 g/mol. The van der Waals surface area contributed by atoms with Gasteiger partial charge < -0.3 is 10.4 Å². The van der Waals surface area contributed by atoms with Gasteiger partial charge in [0, 0.05) is 6.04 Å². The van der Waals surface area contributed by atoms with Crippen LogP contribution >= 0.6 is 0 Å². The van der Waals surface area contributed by atoms with Gasteiger partial charge in [0.2, 0.25) is 0 Å². The summed E-state index contributed by atoms with van der Waals surface area (Å²) in [5.74, 6) is 0.148. The molecular formula is C18H25N3O4. The predicted molar refractivity (Wildman–Crippen MR) is 92.7 cm³/mol. The number of fused-ring (bicyclic) bond motifs is 2. The van der Waals surface area contributed by atoms with Crippen molar-refractivity contribution in [1.82, 2.24) is 9.78 Å². The highest BCUT2D eigenvalue weighted by atomic mass is 16.4. The number of carbonyl (C=O) groups is 2. The van der Waals surface area contributed by atoms with Gasteiger partial charge in [-0.15, -0.1) is 0 Å². The minimum Gasteiger partial charge on any atom is -0.480 e. The zero-order valence-corrected chi connectivity index (χ0v) is 15.1. The van der Waals surface area contributed by atoms with Crippen molar-refractivity contribution in [3.05, 3.63) is 22.1 Å². The van der Waals surface area contributed by atoms with Crippen LogP contribution in [0, 0.1) is 23.2 Å². The van der Waals surface area contributed by atoms with Gasteiger partial charge >= 0.3 is 5.97 Å². The number of hydrogen-bond acceptors (Lipinski definition) is 5. The predicted octanol–water partition coefficient (Wildman–Crippen LogP) is 2.01. The lowest BCUT2D eigenvalue weighted by atomic mass is 9.45. The average Bonchev–Trinajstić information content (AvgIpc) is 2.50. The Hall–Kier alpha value is -2.18. The summed E-state index contributed by atoms with van der Waals surface area (Å²) < 4.78 is 0.815. The van der Waals surface area contributed by atoms with Gasteiger partial charge in [-0.2, -0.15) is 5.10 Å². The Morgan fingerprint density at radius 3 is 2.60 bits per heavy atom. The normalized spacial score (nSPS) is 29.6. The van der Waals surface area contributed by atoms with E-state index < -0.39 is 18.1 Å². The van der Waals surface area contributed by atoms with Gasteiger partial charge in [-0.3, -0.25) is 14.4 Å². The third-order valence-corrected chi connectivity index (χ3v) is 6.38. The van der Waals surface area contributed by atoms with Crippen LogP contribution in [0.5, 0.6) is 0 Å². The first-order valence-corrected chi connectivity index (χ1v) is 8.72. The van der Waals surface area contributed by atoms with E-state index in [1.165, 1.54) is 19.5 Å². The van der Waals surface area contributed by atoms with Crippen molar-refractivity contribution < 1.29 is 14.7 Å². The van der Waals surface area contributed by atoms with E-state index in [2.05, 4.69) is 31.2 Å². The van der Waals surface area contributed by atoms with Crippen LogP contribution in [0.25, 0.3) is 0 Å². The fraction of sp³-hybridized carbons (Fsp3) is 0.667. The van der Waals surface area contributed by atoms with Crippen LogP contribution in [-0.4, -0.2) is 32.7 Å². The lowest BCUT2D eigenvalue weighted by molar-refractivity contribution is -0.138. The first-order valence-electron chi connectivity index (χ1n) is 8.72. The summed E-state index contributed by atoms with van der Waals surface area (Å²) in [4.78, 5) is 35.3. The highest BCUT2D eigenvalue weighted by molar-refractivity contribution is 5.99. The number of carboxylic acid groups (broad SMARTS) is 1. The second kappa shape index (κ2) is 5.97. The minimum atomic E-state index is -1.17. The molecule has 7 heteroatoms. The van der Waals surface area contributed by atoms with E-state index in [1.807, 2.05) is 0 Å². The summed E-state index contributed by atoms with van der Waals surface area (Å²) in [6.45, 7) is 7.60. The van der Waals surface area contributed by atoms with Gasteiger partial charge in [0.05, 0.1) is 11.9 Å². The molecular weight excluding hydrogens is 322 g/mol. The molecule has 0 aromatic carbocycles. The smallest absolute Gasteiger partial charge is 0.325 e. The van der Waals surface area contributed by atoms with Crippen molar-refractivity contribution in [2.45, 2.75) is 53.1 Å². The monoisotopic (exact) mass is 347 g/mol. The van der Waals surface area contributed by atoms with Gasteiger partial charge in [0.25, 0.3) is 5.56 Å². The third kappa shape index (κ3) is 2.85. The molecule has 0 spiro atoms. The van der Waals surface area contributed by atoms with Gasteiger partial charge in [-0.25, -0.2) is 4.68 Å². The maximum atomic E-state index is 12.4. The number of carbonyl (C=O) groups excluding carboxylic acids is 1. The Balaban J connectivity index is 1.88. The lowest BCUT2D eigenvalue weighted by Gasteiger charge is -2.62. The van der Waals surface area contributed by atoms with E-state index in [0.29, 0.717) is 28.9 Å². The number of Topliss-reactive ketones (excluding diaryl/α,β-unsaturated/α-hetero) is 1. The summed E-state index contributed by atoms with van der Waals surface area (Å²) in [5.41, 5.74) is 0.0929. The van der Waals surface area contributed by atoms with Crippen LogP contribution in [0.3, 0.4) is 0 Å². The van der Waals surface area contributed by atoms with E-state index >= 15 is 0 Å². The standard InChI is InChI=1S/C18H25N3O4/c1-9-12-5-11(18(12,3)4)6-13(9)20-14-7-19-21(8-15(23)24)17(25)16(14)10(2)22/h7,9,11-13,20H,5-6,8H2,1-4H3,(H,23,24)/t9-,11+,12-,13-/m1/s1. The molecule has 0 saturated heterocycles. The molecule has 3 saturated carbocycles. The quantitative estimate of drug-likeness (QED) is 0.790. The second-order valence-electron chi connectivity index (χ2n) is 8.05. The Bertz CT molecular complexity index is 783. The van der Waals surface area contributed by atoms with E-state index in [9.17, 15) is 14.4 Å². The van der Waals surface area contributed by atoms with Crippen LogP contribution in [0.2, 0.25) is 0 Å². The van der Waals surface area contributed by atoms with Crippen molar-refractivity contribution in [3.8, 4) is 0 Å². The molecule has 2 bridgehead atoms. The largest absolute Gasteiger partial charge is 0.480 e. The number of aliphatic carboxylic acids is 1. The van der Waals surface area contributed by atoms with Crippen LogP contribution in [0.15, 0.2) is 11.0 Å². The van der Waals surface area contributed by atoms with Crippen molar-refractivity contribution >= 4 is 17.4 Å². The number of carboxylic acids is 1. The molecule has 2 N–H and O–H groups in total. The van der Waals surface area contributed by atoms with Crippen LogP contribution < -0.4 is 10.9 Å². The molecule has 3 aliphatic rings. The number of aromatic nitrogens is 2. The summed E-state index contributed by atoms with van der Waals surface area (Å²) in [6, 6.07) is 0.186. The molecule has 4 rings (SSSR count). The summed E-state index contributed by atoms with van der Waals surface area (Å²) in [5, 5.41) is 16.1. The Labute approximate surface area is 146 Å². The summed E-state index contributed by atoms with van der Waals surface area (Å²) >= 11 is 0. The molecule has 7 nitrogen and oxygen atoms in total. The van der Waals surface area contributed by atoms with E-state index in [4.69, 9.17) is 5.11 Å². The fourth-order valence-corrected chi connectivity index (χ4v) is 4.72. The van der Waals surface area contributed by atoms with E-state index in [-0.39, 0.29) is 17.4 Å². The first kappa shape index (κ1) is 17.6. The number of anilines is 1. The molecule has 0 unspecified atom stereocenters. The van der Waals surface area contributed by atoms with E-state index in [0.717, 1.165) is 11.1 Å². The highest BCUT2D eigenvalue weighted by Gasteiger charge is 2.56. The molecule has 1 aromatic rings. The van der Waals surface area contributed by atoms with Crippen molar-refractivity contribution in [2.24, 2.45) is 23.2 Å². The number of ketones is 1. The number of nitrogens with one attached hydrogen (secondary N) is 1. The van der Waals surface area contributed by atoms with Gasteiger partial charge in [-0.05, 0) is 42.9 Å². The molecule has 3 fully saturated rings. The molecule has 0 amide bonds. The van der Waals surface area contributed by atoms with Gasteiger partial charge in [0.1, 0.15) is 12.1 Å². The number of hydrogen-bond donors (Lipinski definition) is 2.